The molecule has 2 saturated heterocycles. The molecule has 32 heavy (non-hydrogen) atoms. The number of hydrogen-bond acceptors (Lipinski definition) is 7. The van der Waals surface area contributed by atoms with Gasteiger partial charge in [-0.3, -0.25) is 4.79 Å². The molecule has 0 unspecified atom stereocenters. The van der Waals surface area contributed by atoms with E-state index in [1.807, 2.05) is 24.3 Å². The SMILES string of the molecule is COc1ccc(NCC(=O)O[C@@H]2CC[C@]3(CO3)[C@@H]([C@@]3(C)O[C@@H]3CC=C(C)C)[C@@H]2OC)cc1. The molecule has 3 aliphatic rings. The van der Waals surface area contributed by atoms with Gasteiger partial charge in [0.2, 0.25) is 0 Å². The highest BCUT2D eigenvalue weighted by atomic mass is 16.6. The van der Waals surface area contributed by atoms with E-state index in [9.17, 15) is 4.79 Å². The van der Waals surface area contributed by atoms with Crippen LogP contribution in [0.2, 0.25) is 0 Å². The molecule has 6 atom stereocenters. The summed E-state index contributed by atoms with van der Waals surface area (Å²) in [5.41, 5.74) is 1.55. The van der Waals surface area contributed by atoms with Gasteiger partial charge in [-0.2, -0.15) is 0 Å². The van der Waals surface area contributed by atoms with Crippen LogP contribution in [0.1, 0.15) is 40.0 Å². The van der Waals surface area contributed by atoms with Gasteiger partial charge in [-0.25, -0.2) is 0 Å². The van der Waals surface area contributed by atoms with E-state index in [1.54, 1.807) is 14.2 Å². The summed E-state index contributed by atoms with van der Waals surface area (Å²) < 4.78 is 29.2. The highest BCUT2D eigenvalue weighted by Crippen LogP contribution is 2.59. The Bertz CT molecular complexity index is 844. The molecule has 7 nitrogen and oxygen atoms in total. The molecule has 1 saturated carbocycles. The van der Waals surface area contributed by atoms with Crippen molar-refractivity contribution in [2.45, 2.75) is 69.5 Å². The van der Waals surface area contributed by atoms with Gasteiger partial charge in [-0.05, 0) is 64.3 Å². The van der Waals surface area contributed by atoms with Gasteiger partial charge in [0.15, 0.2) is 0 Å². The van der Waals surface area contributed by atoms with E-state index in [2.05, 4.69) is 32.2 Å². The predicted molar refractivity (Wildman–Crippen MR) is 121 cm³/mol. The van der Waals surface area contributed by atoms with Gasteiger partial charge in [0.05, 0.1) is 25.7 Å². The highest BCUT2D eigenvalue weighted by molar-refractivity contribution is 5.75. The lowest BCUT2D eigenvalue weighted by molar-refractivity contribution is -0.170. The van der Waals surface area contributed by atoms with Crippen LogP contribution in [-0.2, 0) is 23.7 Å². The topological polar surface area (TPSA) is 81.9 Å². The third-order valence-corrected chi connectivity index (χ3v) is 7.05. The summed E-state index contributed by atoms with van der Waals surface area (Å²) >= 11 is 0. The lowest BCUT2D eigenvalue weighted by Crippen LogP contribution is -2.55. The van der Waals surface area contributed by atoms with Crippen LogP contribution >= 0.6 is 0 Å². The first-order valence-electron chi connectivity index (χ1n) is 11.4. The van der Waals surface area contributed by atoms with E-state index >= 15 is 0 Å². The number of anilines is 1. The molecule has 2 aliphatic heterocycles. The van der Waals surface area contributed by atoms with Gasteiger partial charge in [0.1, 0.15) is 35.7 Å². The van der Waals surface area contributed by atoms with Gasteiger partial charge in [-0.15, -0.1) is 0 Å². The molecule has 0 aromatic heterocycles. The molecule has 1 spiro atoms. The van der Waals surface area contributed by atoms with Crippen LogP contribution in [0.3, 0.4) is 0 Å². The molecule has 0 radical (unpaired) electrons. The van der Waals surface area contributed by atoms with Crippen molar-refractivity contribution in [2.24, 2.45) is 5.92 Å². The van der Waals surface area contributed by atoms with Crippen LogP contribution in [0, 0.1) is 5.92 Å². The first kappa shape index (κ1) is 23.1. The number of nitrogens with one attached hydrogen (secondary N) is 1. The van der Waals surface area contributed by atoms with Gasteiger partial charge in [0, 0.05) is 12.8 Å². The zero-order valence-electron chi connectivity index (χ0n) is 19.7. The van der Waals surface area contributed by atoms with E-state index in [4.69, 9.17) is 23.7 Å². The van der Waals surface area contributed by atoms with Gasteiger partial charge >= 0.3 is 5.97 Å². The number of benzene rings is 1. The number of ether oxygens (including phenoxy) is 5. The lowest BCUT2D eigenvalue weighted by Gasteiger charge is -2.42. The second-order valence-corrected chi connectivity index (χ2v) is 9.49. The van der Waals surface area contributed by atoms with Crippen LogP contribution in [0.25, 0.3) is 0 Å². The number of carbonyl (C=O) groups is 1. The van der Waals surface area contributed by atoms with E-state index < -0.39 is 0 Å². The van der Waals surface area contributed by atoms with Crippen molar-refractivity contribution in [2.75, 3.05) is 32.7 Å². The molecule has 1 N–H and O–H groups in total. The number of epoxide rings is 2. The quantitative estimate of drug-likeness (QED) is 0.352. The minimum Gasteiger partial charge on any atom is -0.497 e. The Kier molecular flexibility index (Phi) is 6.52. The molecule has 0 bridgehead atoms. The normalized spacial score (nSPS) is 35.2. The monoisotopic (exact) mass is 445 g/mol. The van der Waals surface area contributed by atoms with Crippen LogP contribution in [0.4, 0.5) is 5.69 Å². The summed E-state index contributed by atoms with van der Waals surface area (Å²) in [4.78, 5) is 12.6. The zero-order chi connectivity index (χ0) is 22.9. The maximum Gasteiger partial charge on any atom is 0.325 e. The van der Waals surface area contributed by atoms with Crippen LogP contribution in [0.5, 0.6) is 5.75 Å². The predicted octanol–water partition coefficient (Wildman–Crippen LogP) is 3.73. The number of rotatable bonds is 9. The molecule has 1 aromatic rings. The molecule has 3 fully saturated rings. The zero-order valence-corrected chi connectivity index (χ0v) is 19.7. The third-order valence-electron chi connectivity index (χ3n) is 7.05. The van der Waals surface area contributed by atoms with Crippen molar-refractivity contribution < 1.29 is 28.5 Å². The summed E-state index contributed by atoms with van der Waals surface area (Å²) in [6, 6.07) is 7.42. The standard InChI is InChI=1S/C25H35NO6/c1-16(2)6-11-20-24(3,32-20)23-22(29-5)19(12-13-25(23)15-30-25)31-21(27)14-26-17-7-9-18(28-4)10-8-17/h6-10,19-20,22-23,26H,11-15H2,1-5H3/t19-,20-,22-,23-,24+,25+/m1/s1. The third kappa shape index (κ3) is 4.65. The highest BCUT2D eigenvalue weighted by Gasteiger charge is 2.72. The van der Waals surface area contributed by atoms with Crippen molar-refractivity contribution in [3.8, 4) is 5.75 Å². The minimum absolute atomic E-state index is 0.0247. The Morgan fingerprint density at radius 1 is 1.25 bits per heavy atom. The molecule has 7 heteroatoms. The fourth-order valence-corrected chi connectivity index (χ4v) is 5.16. The van der Waals surface area contributed by atoms with Crippen LogP contribution < -0.4 is 10.1 Å². The molecular weight excluding hydrogens is 410 g/mol. The first-order valence-corrected chi connectivity index (χ1v) is 11.4. The summed E-state index contributed by atoms with van der Waals surface area (Å²) in [6.45, 7) is 7.14. The largest absolute Gasteiger partial charge is 0.497 e. The molecular formula is C25H35NO6. The van der Waals surface area contributed by atoms with Gasteiger partial charge in [0.25, 0.3) is 0 Å². The number of carbonyl (C=O) groups excluding carboxylic acids is 1. The number of hydrogen-bond donors (Lipinski definition) is 1. The summed E-state index contributed by atoms with van der Waals surface area (Å²) in [5, 5.41) is 3.11. The Balaban J connectivity index is 1.39. The molecule has 2 heterocycles. The number of methoxy groups -OCH3 is 2. The van der Waals surface area contributed by atoms with Crippen LogP contribution in [0.15, 0.2) is 35.9 Å². The number of allylic oxidation sites excluding steroid dienone is 1. The Morgan fingerprint density at radius 3 is 2.56 bits per heavy atom. The average Bonchev–Trinajstić information content (AvgIpc) is 3.69. The maximum atomic E-state index is 12.6. The molecule has 1 aliphatic carbocycles. The van der Waals surface area contributed by atoms with Crippen molar-refractivity contribution in [3.05, 3.63) is 35.9 Å². The fraction of sp³-hybridized carbons (Fsp3) is 0.640. The first-order chi connectivity index (χ1) is 15.3. The second-order valence-electron chi connectivity index (χ2n) is 9.49. The smallest absolute Gasteiger partial charge is 0.325 e. The van der Waals surface area contributed by atoms with Crippen LogP contribution in [-0.4, -0.2) is 62.9 Å². The van der Waals surface area contributed by atoms with Crippen molar-refractivity contribution >= 4 is 11.7 Å². The molecule has 0 amide bonds. The molecule has 4 rings (SSSR count). The average molecular weight is 446 g/mol. The summed E-state index contributed by atoms with van der Waals surface area (Å²) in [7, 11) is 3.31. The Hall–Kier alpha value is -2.09. The number of esters is 1. The molecule has 1 aromatic carbocycles. The van der Waals surface area contributed by atoms with E-state index in [0.29, 0.717) is 6.61 Å². The van der Waals surface area contributed by atoms with E-state index in [-0.39, 0.29) is 47.9 Å². The van der Waals surface area contributed by atoms with Gasteiger partial charge < -0.3 is 29.0 Å². The summed E-state index contributed by atoms with van der Waals surface area (Å²) in [6.07, 6.45) is 4.19. The maximum absolute atomic E-state index is 12.6. The second kappa shape index (κ2) is 9.04. The van der Waals surface area contributed by atoms with Crippen molar-refractivity contribution in [3.63, 3.8) is 0 Å². The van der Waals surface area contributed by atoms with E-state index in [0.717, 1.165) is 30.7 Å². The fourth-order valence-electron chi connectivity index (χ4n) is 5.16. The Labute approximate surface area is 190 Å². The minimum atomic E-state index is -0.338. The van der Waals surface area contributed by atoms with Gasteiger partial charge in [-0.1, -0.05) is 11.6 Å². The summed E-state index contributed by atoms with van der Waals surface area (Å²) in [5.74, 6) is 0.489. The lowest BCUT2D eigenvalue weighted by atomic mass is 9.68. The Morgan fingerprint density at radius 2 is 1.97 bits per heavy atom. The van der Waals surface area contributed by atoms with Crippen molar-refractivity contribution in [1.29, 1.82) is 0 Å². The molecule has 176 valence electrons. The van der Waals surface area contributed by atoms with Crippen molar-refractivity contribution in [1.82, 2.24) is 0 Å². The van der Waals surface area contributed by atoms with E-state index in [1.165, 1.54) is 5.57 Å².